The first-order valence-corrected chi connectivity index (χ1v) is 28.4. The minimum Gasteiger partial charge on any atom is -0.473 e. The van der Waals surface area contributed by atoms with E-state index in [4.69, 9.17) is 24.5 Å². The molecule has 420 valence electrons. The van der Waals surface area contributed by atoms with Crippen molar-refractivity contribution in [3.63, 3.8) is 0 Å². The summed E-state index contributed by atoms with van der Waals surface area (Å²) in [5, 5.41) is 16.6. The number of allylic oxidation sites excluding steroid dienone is 5. The van der Waals surface area contributed by atoms with Crippen molar-refractivity contribution >= 4 is 59.4 Å². The Balaban J connectivity index is 0.000000258. The first-order chi connectivity index (χ1) is 40.3. The highest BCUT2D eigenvalue weighted by atomic mass is 32.1. The van der Waals surface area contributed by atoms with Crippen molar-refractivity contribution in [2.45, 2.75) is 72.1 Å². The van der Waals surface area contributed by atoms with Crippen LogP contribution >= 0.6 is 12.6 Å². The van der Waals surface area contributed by atoms with Gasteiger partial charge in [-0.1, -0.05) is 178 Å². The smallest absolute Gasteiger partial charge is 0.255 e. The standard InChI is InChI=1S/C42H36N6O3.C21H29N3.C6H10S/c49-42(30-16-4-1-5-17-30)45-38-27-15-12-24-35(38)41-47-39(33-22-10-13-25-36(33)43-28-50-31-18-6-2-7-19-31)46-40(48-41)34-23-11-14-26-37(34)44-29-51-32-20-8-3-9-21-32;1-4-8-17(6-3)10-7-11-20-22-16-23-21(24-20)19-14-12-18(9-5-2)13-15-19;1-3-5-6(7)4-2/h1-27,41,43-44H,28-29H2,(H,45,49)(H,46,47,48);6-7,11-17,20H,3-5,8-10H2,1-2H3,(H,22,23,24);3-5,7H,1-2H3/b;11-7+;5-3-,6-4+. The lowest BCUT2D eigenvalue weighted by Crippen LogP contribution is -2.37. The number of aliphatic imine (C=N–C) groups is 4. The minimum atomic E-state index is -0.689. The fourth-order valence-corrected chi connectivity index (χ4v) is 8.84. The average Bonchev–Trinajstić information content (AvgIpc) is 3.64. The number of rotatable bonds is 23. The number of ether oxygens (including phenoxy) is 2. The van der Waals surface area contributed by atoms with E-state index >= 15 is 0 Å². The predicted octanol–water partition coefficient (Wildman–Crippen LogP) is 15.6. The van der Waals surface area contributed by atoms with Crippen LogP contribution in [-0.2, 0) is 6.42 Å². The maximum atomic E-state index is 13.3. The van der Waals surface area contributed by atoms with Crippen molar-refractivity contribution in [3.8, 4) is 11.5 Å². The van der Waals surface area contributed by atoms with Gasteiger partial charge >= 0.3 is 0 Å². The van der Waals surface area contributed by atoms with E-state index in [0.717, 1.165) is 68.7 Å². The van der Waals surface area contributed by atoms with Gasteiger partial charge in [0.15, 0.2) is 25.8 Å². The van der Waals surface area contributed by atoms with E-state index in [1.165, 1.54) is 24.8 Å². The van der Waals surface area contributed by atoms with Crippen LogP contribution in [0.15, 0.2) is 256 Å². The molecular weight excluding hydrogens is 1030 g/mol. The third-order valence-electron chi connectivity index (χ3n) is 12.9. The van der Waals surface area contributed by atoms with E-state index in [1.807, 2.05) is 190 Å². The number of thiol groups is 1. The van der Waals surface area contributed by atoms with Gasteiger partial charge in [0.25, 0.3) is 5.91 Å². The molecule has 0 saturated heterocycles. The molecule has 2 aliphatic heterocycles. The molecule has 0 bridgehead atoms. The van der Waals surface area contributed by atoms with Crippen LogP contribution in [0, 0.1) is 5.92 Å². The van der Waals surface area contributed by atoms with Crippen LogP contribution in [0.1, 0.15) is 97.7 Å². The molecule has 12 nitrogen and oxygen atoms in total. The van der Waals surface area contributed by atoms with E-state index in [2.05, 4.69) is 101 Å². The van der Waals surface area contributed by atoms with E-state index in [0.29, 0.717) is 28.8 Å². The summed E-state index contributed by atoms with van der Waals surface area (Å²) in [6.45, 7) is 12.8. The van der Waals surface area contributed by atoms with Crippen LogP contribution in [0.3, 0.4) is 0 Å². The normalized spacial score (nSPS) is 14.2. The molecule has 0 aromatic heterocycles. The molecule has 0 spiro atoms. The molecule has 2 unspecified atom stereocenters. The number of aryl methyl sites for hydroxylation is 1. The van der Waals surface area contributed by atoms with E-state index in [1.54, 1.807) is 18.5 Å². The number of para-hydroxylation sites is 5. The number of hydrogen-bond acceptors (Lipinski definition) is 12. The van der Waals surface area contributed by atoms with Gasteiger partial charge in [-0.15, -0.1) is 19.2 Å². The molecule has 2 atom stereocenters. The Morgan fingerprint density at radius 1 is 0.659 bits per heavy atom. The zero-order valence-corrected chi connectivity index (χ0v) is 48.2. The second-order valence-corrected chi connectivity index (χ2v) is 19.4. The number of anilines is 3. The Hall–Kier alpha value is -9.20. The molecule has 2 aliphatic rings. The Labute approximate surface area is 490 Å². The second kappa shape index (κ2) is 33.4. The Morgan fingerprint density at radius 3 is 1.74 bits per heavy atom. The number of carbonyl (C=O) groups is 1. The molecule has 0 fully saturated rings. The lowest BCUT2D eigenvalue weighted by atomic mass is 10.00. The molecule has 0 radical (unpaired) electrons. The first kappa shape index (κ1) is 60.4. The minimum absolute atomic E-state index is 0.135. The SMILES string of the molecule is C/C=C\C(S)=C/C.C=CC(C/C=C/C1N=CNC(c2ccc(CCC)cc2)=N1)CCC.O=C(Nc1ccccc1C1N=C(c2ccccc2NCOc2ccccc2)NC(c2ccccc2NCOc2ccccc2)=N1)c1ccccc1. The maximum Gasteiger partial charge on any atom is 0.255 e. The molecule has 0 aliphatic carbocycles. The number of amides is 1. The van der Waals surface area contributed by atoms with Crippen LogP contribution in [-0.4, -0.2) is 49.4 Å². The molecule has 5 N–H and O–H groups in total. The summed E-state index contributed by atoms with van der Waals surface area (Å²) in [5.74, 6) is 3.95. The quantitative estimate of drug-likeness (QED) is 0.0162. The van der Waals surface area contributed by atoms with E-state index in [-0.39, 0.29) is 25.5 Å². The fourth-order valence-electron chi connectivity index (χ4n) is 8.69. The highest BCUT2D eigenvalue weighted by Gasteiger charge is 2.26. The van der Waals surface area contributed by atoms with Gasteiger partial charge in [0.05, 0.1) is 6.34 Å². The zero-order chi connectivity index (χ0) is 57.6. The van der Waals surface area contributed by atoms with Gasteiger partial charge in [-0.3, -0.25) is 4.79 Å². The monoisotopic (exact) mass is 1110 g/mol. The van der Waals surface area contributed by atoms with Crippen LogP contribution in [0.5, 0.6) is 11.5 Å². The molecule has 82 heavy (non-hydrogen) atoms. The van der Waals surface area contributed by atoms with Crippen LogP contribution in [0.2, 0.25) is 0 Å². The highest BCUT2D eigenvalue weighted by Crippen LogP contribution is 2.32. The van der Waals surface area contributed by atoms with Gasteiger partial charge in [-0.25, -0.2) is 20.0 Å². The third-order valence-corrected chi connectivity index (χ3v) is 13.4. The van der Waals surface area contributed by atoms with Crippen LogP contribution < -0.4 is 36.1 Å². The van der Waals surface area contributed by atoms with Gasteiger partial charge in [-0.05, 0) is 122 Å². The van der Waals surface area contributed by atoms with Gasteiger partial charge in [0.1, 0.15) is 29.0 Å². The molecule has 7 aromatic rings. The summed E-state index contributed by atoms with van der Waals surface area (Å²) >= 11 is 4.08. The van der Waals surface area contributed by atoms with Crippen molar-refractivity contribution in [3.05, 3.63) is 269 Å². The summed E-state index contributed by atoms with van der Waals surface area (Å²) in [5.41, 5.74) is 7.71. The number of hydrogen-bond donors (Lipinski definition) is 6. The molecule has 7 aromatic carbocycles. The Kier molecular flexibility index (Phi) is 24.6. The topological polar surface area (TPSA) is 145 Å². The molecule has 13 heteroatoms. The van der Waals surface area contributed by atoms with Crippen LogP contribution in [0.25, 0.3) is 0 Å². The van der Waals surface area contributed by atoms with Gasteiger partial charge in [0, 0.05) is 44.9 Å². The molecular formula is C69H75N9O3S. The maximum absolute atomic E-state index is 13.3. The van der Waals surface area contributed by atoms with Gasteiger partial charge in [-0.2, -0.15) is 0 Å². The highest BCUT2D eigenvalue weighted by molar-refractivity contribution is 7.84. The molecule has 2 heterocycles. The molecule has 9 rings (SSSR count). The number of carbonyl (C=O) groups excluding carboxylic acids is 1. The lowest BCUT2D eigenvalue weighted by Gasteiger charge is -2.26. The average molecular weight is 1110 g/mol. The van der Waals surface area contributed by atoms with Crippen molar-refractivity contribution in [2.75, 3.05) is 29.4 Å². The van der Waals surface area contributed by atoms with E-state index in [9.17, 15) is 4.79 Å². The third kappa shape index (κ3) is 19.0. The zero-order valence-electron chi connectivity index (χ0n) is 47.3. The summed E-state index contributed by atoms with van der Waals surface area (Å²) in [4.78, 5) is 33.6. The number of nitrogens with zero attached hydrogens (tertiary/aromatic N) is 4. The fraction of sp³-hybridized carbons (Fsp3) is 0.203. The summed E-state index contributed by atoms with van der Waals surface area (Å²) < 4.78 is 11.9. The predicted molar refractivity (Wildman–Crippen MR) is 346 cm³/mol. The Morgan fingerprint density at radius 2 is 1.21 bits per heavy atom. The number of amidine groups is 3. The summed E-state index contributed by atoms with van der Waals surface area (Å²) in [6.07, 6.45) is 18.7. The number of nitrogens with one attached hydrogen (secondary N) is 5. The molecule has 0 saturated carbocycles. The van der Waals surface area contributed by atoms with Crippen molar-refractivity contribution in [1.29, 1.82) is 0 Å². The van der Waals surface area contributed by atoms with Crippen LogP contribution in [0.4, 0.5) is 17.1 Å². The first-order valence-electron chi connectivity index (χ1n) is 27.9. The Bertz CT molecular complexity index is 3220. The number of benzene rings is 7. The summed E-state index contributed by atoms with van der Waals surface area (Å²) in [6, 6.07) is 60.5. The van der Waals surface area contributed by atoms with Gasteiger partial charge < -0.3 is 36.1 Å². The van der Waals surface area contributed by atoms with Crippen molar-refractivity contribution in [2.24, 2.45) is 25.9 Å². The van der Waals surface area contributed by atoms with Gasteiger partial charge in [0.2, 0.25) is 0 Å². The lowest BCUT2D eigenvalue weighted by molar-refractivity contribution is 0.102. The van der Waals surface area contributed by atoms with Crippen molar-refractivity contribution in [1.82, 2.24) is 10.6 Å². The van der Waals surface area contributed by atoms with Crippen molar-refractivity contribution < 1.29 is 14.3 Å². The summed E-state index contributed by atoms with van der Waals surface area (Å²) in [7, 11) is 0. The van der Waals surface area contributed by atoms with E-state index < -0.39 is 6.17 Å². The molecule has 1 amide bonds. The largest absolute Gasteiger partial charge is 0.473 e. The second-order valence-electron chi connectivity index (χ2n) is 18.9.